The van der Waals surface area contributed by atoms with Crippen LogP contribution in [0.15, 0.2) is 53.3 Å². The first-order chi connectivity index (χ1) is 17.3. The summed E-state index contributed by atoms with van der Waals surface area (Å²) in [7, 11) is 2.34. The summed E-state index contributed by atoms with van der Waals surface area (Å²) < 4.78 is 9.39. The van der Waals surface area contributed by atoms with Gasteiger partial charge in [0, 0.05) is 17.8 Å². The minimum atomic E-state index is -1.18. The van der Waals surface area contributed by atoms with Crippen molar-refractivity contribution < 1.29 is 28.7 Å². The van der Waals surface area contributed by atoms with Crippen molar-refractivity contribution in [2.75, 3.05) is 30.2 Å². The fourth-order valence-corrected chi connectivity index (χ4v) is 3.71. The number of esters is 2. The number of aromatic amines is 1. The number of nitrogens with one attached hydrogen (secondary N) is 4. The number of benzene rings is 2. The van der Waals surface area contributed by atoms with E-state index in [1.54, 1.807) is 24.3 Å². The van der Waals surface area contributed by atoms with Crippen LogP contribution in [0.25, 0.3) is 0 Å². The van der Waals surface area contributed by atoms with E-state index in [9.17, 15) is 24.0 Å². The number of aromatic nitrogens is 2. The minimum Gasteiger partial charge on any atom is -0.465 e. The van der Waals surface area contributed by atoms with Gasteiger partial charge in [0.1, 0.15) is 5.82 Å². The molecule has 0 aliphatic carbocycles. The third kappa shape index (κ3) is 5.06. The Labute approximate surface area is 204 Å². The SMILES string of the molecule is COC(=O)c1cc(NC(=O)[C@H]2CC(=O)Nc3nc(Nc4ccccc4)[nH]c(=O)c32)cc(C(=O)OC)c1. The van der Waals surface area contributed by atoms with Gasteiger partial charge in [0.2, 0.25) is 17.8 Å². The van der Waals surface area contributed by atoms with E-state index in [0.29, 0.717) is 5.69 Å². The second-order valence-corrected chi connectivity index (χ2v) is 7.74. The summed E-state index contributed by atoms with van der Waals surface area (Å²) in [4.78, 5) is 69.4. The lowest BCUT2D eigenvalue weighted by Gasteiger charge is -2.24. The van der Waals surface area contributed by atoms with Gasteiger partial charge in [-0.25, -0.2) is 9.59 Å². The van der Waals surface area contributed by atoms with E-state index in [1.165, 1.54) is 32.4 Å². The quantitative estimate of drug-likeness (QED) is 0.378. The zero-order valence-electron chi connectivity index (χ0n) is 19.2. The Hall–Kier alpha value is -5.00. The lowest BCUT2D eigenvalue weighted by Crippen LogP contribution is -2.36. The Bertz CT molecular complexity index is 1380. The van der Waals surface area contributed by atoms with Crippen LogP contribution in [0, 0.1) is 0 Å². The van der Waals surface area contributed by atoms with Crippen LogP contribution in [0.2, 0.25) is 0 Å². The van der Waals surface area contributed by atoms with Crippen molar-refractivity contribution in [2.24, 2.45) is 0 Å². The van der Waals surface area contributed by atoms with Crippen molar-refractivity contribution in [3.63, 3.8) is 0 Å². The second-order valence-electron chi connectivity index (χ2n) is 7.74. The lowest BCUT2D eigenvalue weighted by atomic mass is 9.92. The van der Waals surface area contributed by atoms with Gasteiger partial charge < -0.3 is 25.4 Å². The molecule has 0 spiro atoms. The number of para-hydroxylation sites is 1. The van der Waals surface area contributed by atoms with Gasteiger partial charge in [0.15, 0.2) is 0 Å². The highest BCUT2D eigenvalue weighted by Crippen LogP contribution is 2.30. The van der Waals surface area contributed by atoms with E-state index in [0.717, 1.165) is 0 Å². The summed E-state index contributed by atoms with van der Waals surface area (Å²) in [5.41, 5.74) is 0.0777. The van der Waals surface area contributed by atoms with Crippen molar-refractivity contribution in [3.05, 3.63) is 75.6 Å². The smallest absolute Gasteiger partial charge is 0.337 e. The number of amides is 2. The summed E-state index contributed by atoms with van der Waals surface area (Å²) in [5.74, 6) is -3.84. The average molecular weight is 491 g/mol. The maximum absolute atomic E-state index is 13.2. The molecular formula is C24H21N5O7. The van der Waals surface area contributed by atoms with Crippen LogP contribution in [0.1, 0.15) is 38.6 Å². The van der Waals surface area contributed by atoms with Crippen molar-refractivity contribution in [1.82, 2.24) is 9.97 Å². The molecule has 4 N–H and O–H groups in total. The van der Waals surface area contributed by atoms with Gasteiger partial charge in [0.25, 0.3) is 5.56 Å². The van der Waals surface area contributed by atoms with Crippen molar-refractivity contribution >= 4 is 46.9 Å². The monoisotopic (exact) mass is 491 g/mol. The molecular weight excluding hydrogens is 470 g/mol. The Morgan fingerprint density at radius 1 is 0.944 bits per heavy atom. The predicted molar refractivity (Wildman–Crippen MR) is 128 cm³/mol. The maximum Gasteiger partial charge on any atom is 0.337 e. The Morgan fingerprint density at radius 3 is 2.19 bits per heavy atom. The first kappa shape index (κ1) is 24.1. The highest BCUT2D eigenvalue weighted by molar-refractivity contribution is 6.05. The zero-order chi connectivity index (χ0) is 25.8. The van der Waals surface area contributed by atoms with E-state index < -0.39 is 35.2 Å². The van der Waals surface area contributed by atoms with E-state index in [2.05, 4.69) is 25.9 Å². The van der Waals surface area contributed by atoms with E-state index >= 15 is 0 Å². The number of ether oxygens (including phenoxy) is 2. The molecule has 3 aromatic rings. The number of methoxy groups -OCH3 is 2. The predicted octanol–water partition coefficient (Wildman–Crippen LogP) is 2.15. The van der Waals surface area contributed by atoms with E-state index in [-0.39, 0.29) is 40.6 Å². The second kappa shape index (κ2) is 10.1. The molecule has 4 rings (SSSR count). The molecule has 1 aliphatic rings. The first-order valence-corrected chi connectivity index (χ1v) is 10.7. The standard InChI is InChI=1S/C24H21N5O7/c1-35-22(33)12-8-13(23(34)36-2)10-15(9-12)25-20(31)16-11-17(30)27-19-18(16)21(32)29-24(28-19)26-14-6-4-3-5-7-14/h3-10,16H,11H2,1-2H3,(H,25,31)(H3,26,27,28,29,30,32)/t16-/m0/s1. The molecule has 1 aromatic heterocycles. The molecule has 2 aromatic carbocycles. The average Bonchev–Trinajstić information content (AvgIpc) is 2.87. The molecule has 2 amide bonds. The molecule has 12 heteroatoms. The van der Waals surface area contributed by atoms with Crippen molar-refractivity contribution in [3.8, 4) is 0 Å². The Kier molecular flexibility index (Phi) is 6.77. The highest BCUT2D eigenvalue weighted by Gasteiger charge is 2.35. The van der Waals surface area contributed by atoms with Gasteiger partial charge in [-0.3, -0.25) is 19.4 Å². The van der Waals surface area contributed by atoms with Crippen LogP contribution in [0.5, 0.6) is 0 Å². The number of hydrogen-bond donors (Lipinski definition) is 4. The Morgan fingerprint density at radius 2 is 1.58 bits per heavy atom. The number of nitrogens with zero attached hydrogens (tertiary/aromatic N) is 1. The molecule has 0 saturated carbocycles. The van der Waals surface area contributed by atoms with Gasteiger partial charge in [-0.05, 0) is 30.3 Å². The fourth-order valence-electron chi connectivity index (χ4n) is 3.71. The van der Waals surface area contributed by atoms with Gasteiger partial charge in [-0.1, -0.05) is 18.2 Å². The molecule has 0 bridgehead atoms. The zero-order valence-corrected chi connectivity index (χ0v) is 19.2. The summed E-state index contributed by atoms with van der Waals surface area (Å²) in [6, 6.07) is 12.8. The molecule has 1 atom stereocenters. The van der Waals surface area contributed by atoms with E-state index in [4.69, 9.17) is 9.47 Å². The van der Waals surface area contributed by atoms with Crippen LogP contribution in [0.3, 0.4) is 0 Å². The summed E-state index contributed by atoms with van der Waals surface area (Å²) >= 11 is 0. The third-order valence-electron chi connectivity index (χ3n) is 5.35. The van der Waals surface area contributed by atoms with Crippen LogP contribution in [-0.2, 0) is 19.1 Å². The number of carbonyl (C=O) groups excluding carboxylic acids is 4. The molecule has 184 valence electrons. The van der Waals surface area contributed by atoms with Crippen LogP contribution >= 0.6 is 0 Å². The summed E-state index contributed by atoms with van der Waals surface area (Å²) in [6.07, 6.45) is -0.310. The fraction of sp³-hybridized carbons (Fsp3) is 0.167. The summed E-state index contributed by atoms with van der Waals surface area (Å²) in [6.45, 7) is 0. The highest BCUT2D eigenvalue weighted by atomic mass is 16.5. The molecule has 0 fully saturated rings. The third-order valence-corrected chi connectivity index (χ3v) is 5.35. The number of hydrogen-bond acceptors (Lipinski definition) is 9. The largest absolute Gasteiger partial charge is 0.465 e. The molecule has 12 nitrogen and oxygen atoms in total. The van der Waals surface area contributed by atoms with Gasteiger partial charge in [-0.2, -0.15) is 4.98 Å². The number of anilines is 4. The summed E-state index contributed by atoms with van der Waals surface area (Å²) in [5, 5.41) is 8.02. The number of H-pyrrole nitrogens is 1. The maximum atomic E-state index is 13.2. The van der Waals surface area contributed by atoms with Crippen molar-refractivity contribution in [2.45, 2.75) is 12.3 Å². The first-order valence-electron chi connectivity index (χ1n) is 10.7. The molecule has 36 heavy (non-hydrogen) atoms. The topological polar surface area (TPSA) is 169 Å². The molecule has 2 heterocycles. The van der Waals surface area contributed by atoms with Crippen LogP contribution in [0.4, 0.5) is 23.1 Å². The molecule has 1 aliphatic heterocycles. The minimum absolute atomic E-state index is 0.00590. The molecule has 0 unspecified atom stereocenters. The Balaban J connectivity index is 1.65. The number of carbonyl (C=O) groups is 4. The molecule has 0 radical (unpaired) electrons. The normalized spacial score (nSPS) is 14.2. The number of fused-ring (bicyclic) bond motifs is 1. The number of rotatable bonds is 6. The van der Waals surface area contributed by atoms with E-state index in [1.807, 2.05) is 6.07 Å². The lowest BCUT2D eigenvalue weighted by molar-refractivity contribution is -0.123. The van der Waals surface area contributed by atoms with Gasteiger partial charge in [-0.15, -0.1) is 0 Å². The van der Waals surface area contributed by atoms with Crippen LogP contribution in [-0.4, -0.2) is 47.9 Å². The van der Waals surface area contributed by atoms with Gasteiger partial charge >= 0.3 is 11.9 Å². The van der Waals surface area contributed by atoms with Crippen molar-refractivity contribution in [1.29, 1.82) is 0 Å². The van der Waals surface area contributed by atoms with Gasteiger partial charge in [0.05, 0.1) is 36.8 Å². The molecule has 0 saturated heterocycles. The van der Waals surface area contributed by atoms with Crippen LogP contribution < -0.4 is 21.5 Å².